The fourth-order valence-electron chi connectivity index (χ4n) is 4.02. The summed E-state index contributed by atoms with van der Waals surface area (Å²) in [6, 6.07) is 5.93. The Morgan fingerprint density at radius 2 is 2.14 bits per heavy atom. The summed E-state index contributed by atoms with van der Waals surface area (Å²) in [6.07, 6.45) is 5.70. The summed E-state index contributed by atoms with van der Waals surface area (Å²) in [5.74, 6) is 0.506. The predicted octanol–water partition coefficient (Wildman–Crippen LogP) is 2.69. The Hall–Kier alpha value is -2.29. The normalized spacial score (nSPS) is 20.1. The second kappa shape index (κ2) is 7.27. The van der Waals surface area contributed by atoms with Crippen LogP contribution in [0.25, 0.3) is 10.3 Å². The van der Waals surface area contributed by atoms with Crippen LogP contribution < -0.4 is 0 Å². The highest BCUT2D eigenvalue weighted by Crippen LogP contribution is 2.37. The van der Waals surface area contributed by atoms with E-state index in [4.69, 9.17) is 9.72 Å². The Labute approximate surface area is 167 Å². The molecule has 5 rings (SSSR count). The van der Waals surface area contributed by atoms with Gasteiger partial charge in [-0.05, 0) is 30.9 Å². The summed E-state index contributed by atoms with van der Waals surface area (Å²) in [7, 11) is 1.97. The molecule has 28 heavy (non-hydrogen) atoms. The second-order valence-corrected chi connectivity index (χ2v) is 8.50. The largest absolute Gasteiger partial charge is 0.381 e. The molecule has 5 heterocycles. The van der Waals surface area contributed by atoms with Crippen LogP contribution in [0.3, 0.4) is 0 Å². The van der Waals surface area contributed by atoms with Gasteiger partial charge in [0.1, 0.15) is 5.01 Å². The first kappa shape index (κ1) is 17.8. The number of aliphatic hydroxyl groups excluding tert-OH is 1. The molecule has 1 N–H and O–H groups in total. The van der Waals surface area contributed by atoms with Crippen molar-refractivity contribution < 1.29 is 9.84 Å². The van der Waals surface area contributed by atoms with Crippen LogP contribution in [0.5, 0.6) is 0 Å². The van der Waals surface area contributed by atoms with Gasteiger partial charge in [-0.25, -0.2) is 4.98 Å². The molecular weight excluding hydrogens is 374 g/mol. The number of hydrogen-bond acceptors (Lipinski definition) is 7. The number of nitrogens with zero attached hydrogens (tertiary/aromatic N) is 5. The Morgan fingerprint density at radius 1 is 1.29 bits per heavy atom. The minimum atomic E-state index is -0.742. The number of ether oxygens (including phenoxy) is 1. The summed E-state index contributed by atoms with van der Waals surface area (Å²) < 4.78 is 8.53. The lowest BCUT2D eigenvalue weighted by Crippen LogP contribution is -2.35. The molecule has 3 aromatic rings. The molecule has 0 amide bonds. The lowest BCUT2D eigenvalue weighted by Gasteiger charge is -2.33. The van der Waals surface area contributed by atoms with E-state index in [2.05, 4.69) is 10.1 Å². The molecule has 0 bridgehead atoms. The fraction of sp³-hybridized carbons (Fsp3) is 0.450. The first-order chi connectivity index (χ1) is 13.7. The van der Waals surface area contributed by atoms with Crippen LogP contribution in [0.2, 0.25) is 0 Å². The van der Waals surface area contributed by atoms with Crippen LogP contribution in [-0.2, 0) is 18.2 Å². The van der Waals surface area contributed by atoms with Gasteiger partial charge < -0.3 is 14.4 Å². The zero-order chi connectivity index (χ0) is 19.1. The molecule has 1 unspecified atom stereocenters. The van der Waals surface area contributed by atoms with Crippen molar-refractivity contribution in [2.24, 2.45) is 18.1 Å². The lowest BCUT2D eigenvalue weighted by molar-refractivity contribution is -0.0285. The van der Waals surface area contributed by atoms with Gasteiger partial charge in [-0.3, -0.25) is 9.99 Å². The van der Waals surface area contributed by atoms with Crippen molar-refractivity contribution in [3.05, 3.63) is 46.4 Å². The van der Waals surface area contributed by atoms with E-state index < -0.39 is 6.23 Å². The van der Waals surface area contributed by atoms with E-state index >= 15 is 0 Å². The van der Waals surface area contributed by atoms with E-state index in [1.165, 1.54) is 0 Å². The Bertz CT molecular complexity index is 1010. The fourth-order valence-corrected chi connectivity index (χ4v) is 5.14. The average Bonchev–Trinajstić information content (AvgIpc) is 3.24. The average molecular weight is 398 g/mol. The lowest BCUT2D eigenvalue weighted by atomic mass is 10.00. The number of aliphatic hydroxyl groups is 1. The number of aryl methyl sites for hydroxylation is 1. The maximum atomic E-state index is 11.0. The van der Waals surface area contributed by atoms with Crippen molar-refractivity contribution in [3.8, 4) is 0 Å². The minimum absolute atomic E-state index is 0.506. The van der Waals surface area contributed by atoms with Crippen molar-refractivity contribution >= 4 is 27.9 Å². The summed E-state index contributed by atoms with van der Waals surface area (Å²) in [5, 5.41) is 18.4. The minimum Gasteiger partial charge on any atom is -0.381 e. The van der Waals surface area contributed by atoms with Crippen LogP contribution in [-0.4, -0.2) is 50.6 Å². The van der Waals surface area contributed by atoms with Crippen molar-refractivity contribution in [3.63, 3.8) is 0 Å². The SMILES string of the molecule is Cn1c2c(c3sc(Cc4ccccn4)nc31)C=NN(CC1CCOCC1)C2O. The molecule has 146 valence electrons. The first-order valence-corrected chi connectivity index (χ1v) is 10.5. The van der Waals surface area contributed by atoms with Crippen LogP contribution in [0.4, 0.5) is 0 Å². The number of pyridine rings is 1. The quantitative estimate of drug-likeness (QED) is 0.733. The predicted molar refractivity (Wildman–Crippen MR) is 108 cm³/mol. The Balaban J connectivity index is 1.42. The van der Waals surface area contributed by atoms with Crippen molar-refractivity contribution in [1.29, 1.82) is 0 Å². The number of fused-ring (bicyclic) bond motifs is 3. The molecule has 1 atom stereocenters. The van der Waals surface area contributed by atoms with Gasteiger partial charge in [-0.2, -0.15) is 5.10 Å². The molecule has 0 aromatic carbocycles. The molecule has 0 aliphatic carbocycles. The van der Waals surface area contributed by atoms with Gasteiger partial charge >= 0.3 is 0 Å². The van der Waals surface area contributed by atoms with Gasteiger partial charge in [0.15, 0.2) is 11.9 Å². The van der Waals surface area contributed by atoms with Crippen LogP contribution in [0.1, 0.15) is 41.0 Å². The highest BCUT2D eigenvalue weighted by molar-refractivity contribution is 7.19. The molecule has 3 aromatic heterocycles. The Kier molecular flexibility index (Phi) is 4.62. The molecule has 0 radical (unpaired) electrons. The summed E-state index contributed by atoms with van der Waals surface area (Å²) >= 11 is 1.66. The second-order valence-electron chi connectivity index (χ2n) is 7.41. The number of aromatic nitrogens is 3. The van der Waals surface area contributed by atoms with Crippen molar-refractivity contribution in [2.75, 3.05) is 19.8 Å². The maximum Gasteiger partial charge on any atom is 0.184 e. The summed E-state index contributed by atoms with van der Waals surface area (Å²) in [4.78, 5) is 9.22. The van der Waals surface area contributed by atoms with Crippen LogP contribution in [0.15, 0.2) is 29.5 Å². The molecule has 0 saturated carbocycles. The van der Waals surface area contributed by atoms with E-state index in [1.54, 1.807) is 22.5 Å². The van der Waals surface area contributed by atoms with Crippen molar-refractivity contribution in [1.82, 2.24) is 19.5 Å². The van der Waals surface area contributed by atoms with Gasteiger partial charge in [0.05, 0.1) is 16.6 Å². The van der Waals surface area contributed by atoms with Gasteiger partial charge in [-0.1, -0.05) is 6.07 Å². The highest BCUT2D eigenvalue weighted by Gasteiger charge is 2.31. The third-order valence-corrected chi connectivity index (χ3v) is 6.64. The molecule has 1 fully saturated rings. The standard InChI is InChI=1S/C20H23N5O2S/c1-24-17-15(11-22-25(20(17)26)12-13-5-8-27-9-6-13)18-19(24)23-16(28-18)10-14-4-2-3-7-21-14/h2-4,7,11,13,20,26H,5-6,8-10,12H2,1H3. The summed E-state index contributed by atoms with van der Waals surface area (Å²) in [6.45, 7) is 2.34. The Morgan fingerprint density at radius 3 is 2.93 bits per heavy atom. The van der Waals surface area contributed by atoms with E-state index in [0.29, 0.717) is 12.3 Å². The highest BCUT2D eigenvalue weighted by atomic mass is 32.1. The smallest absolute Gasteiger partial charge is 0.184 e. The first-order valence-electron chi connectivity index (χ1n) is 9.65. The van der Waals surface area contributed by atoms with Gasteiger partial charge in [0.25, 0.3) is 0 Å². The maximum absolute atomic E-state index is 11.0. The molecule has 8 heteroatoms. The van der Waals surface area contributed by atoms with E-state index in [0.717, 1.165) is 64.9 Å². The third-order valence-electron chi connectivity index (χ3n) is 5.56. The van der Waals surface area contributed by atoms with Crippen LogP contribution >= 0.6 is 11.3 Å². The van der Waals surface area contributed by atoms with Gasteiger partial charge in [-0.15, -0.1) is 11.3 Å². The number of thiazole rings is 1. The van der Waals surface area contributed by atoms with Gasteiger partial charge in [0, 0.05) is 50.7 Å². The number of rotatable bonds is 4. The van der Waals surface area contributed by atoms with E-state index in [1.807, 2.05) is 36.0 Å². The summed E-state index contributed by atoms with van der Waals surface area (Å²) in [5.41, 5.74) is 3.77. The molecule has 2 aliphatic rings. The van der Waals surface area contributed by atoms with Gasteiger partial charge in [0.2, 0.25) is 0 Å². The zero-order valence-electron chi connectivity index (χ0n) is 15.8. The van der Waals surface area contributed by atoms with E-state index in [9.17, 15) is 5.11 Å². The zero-order valence-corrected chi connectivity index (χ0v) is 16.6. The molecule has 2 aliphatic heterocycles. The monoisotopic (exact) mass is 397 g/mol. The van der Waals surface area contributed by atoms with Crippen molar-refractivity contribution in [2.45, 2.75) is 25.5 Å². The molecular formula is C20H23N5O2S. The topological polar surface area (TPSA) is 75.8 Å². The molecule has 0 spiro atoms. The molecule has 7 nitrogen and oxygen atoms in total. The number of hydrogen-bond donors (Lipinski definition) is 1. The molecule has 1 saturated heterocycles. The van der Waals surface area contributed by atoms with Crippen LogP contribution in [0, 0.1) is 5.92 Å². The third kappa shape index (κ3) is 3.11. The number of hydrazone groups is 1. The van der Waals surface area contributed by atoms with E-state index in [-0.39, 0.29) is 0 Å².